The number of hydrogen-bond acceptors (Lipinski definition) is 4. The lowest BCUT2D eigenvalue weighted by Crippen LogP contribution is -2.45. The van der Waals surface area contributed by atoms with Crippen LogP contribution in [0.1, 0.15) is 62.5 Å². The van der Waals surface area contributed by atoms with E-state index in [2.05, 4.69) is 34.9 Å². The highest BCUT2D eigenvalue weighted by Gasteiger charge is 2.30. The van der Waals surface area contributed by atoms with Crippen LogP contribution < -0.4 is 10.6 Å². The molecule has 2 aromatic rings. The van der Waals surface area contributed by atoms with Crippen molar-refractivity contribution in [1.82, 2.24) is 10.6 Å². The molecule has 2 aliphatic rings. The monoisotopic (exact) mass is 464 g/mol. The summed E-state index contributed by atoms with van der Waals surface area (Å²) in [6.45, 7) is 1.98. The second-order valence-electron chi connectivity index (χ2n) is 9.39. The van der Waals surface area contributed by atoms with Gasteiger partial charge in [0.2, 0.25) is 5.91 Å². The second-order valence-corrected chi connectivity index (χ2v) is 9.39. The Morgan fingerprint density at radius 2 is 1.62 bits per heavy atom. The summed E-state index contributed by atoms with van der Waals surface area (Å²) in [5, 5.41) is 14.9. The van der Waals surface area contributed by atoms with E-state index in [1.54, 1.807) is 6.92 Å². The molecule has 1 fully saturated rings. The molecule has 0 saturated heterocycles. The van der Waals surface area contributed by atoms with Gasteiger partial charge in [0.1, 0.15) is 6.61 Å². The highest BCUT2D eigenvalue weighted by Crippen LogP contribution is 2.44. The molecule has 3 atom stereocenters. The number of aliphatic carboxylic acids is 1. The average molecular weight is 465 g/mol. The first-order chi connectivity index (χ1) is 16.4. The number of ether oxygens (including phenoxy) is 1. The lowest BCUT2D eigenvalue weighted by Gasteiger charge is -2.31. The lowest BCUT2D eigenvalue weighted by molar-refractivity contribution is -0.139. The van der Waals surface area contributed by atoms with Crippen molar-refractivity contribution in [2.45, 2.75) is 63.5 Å². The molecular formula is C27H32N2O5. The Morgan fingerprint density at radius 1 is 1.00 bits per heavy atom. The molecular weight excluding hydrogens is 432 g/mol. The van der Waals surface area contributed by atoms with Gasteiger partial charge in [0, 0.05) is 24.4 Å². The topological polar surface area (TPSA) is 105 Å². The Morgan fingerprint density at radius 3 is 2.26 bits per heavy atom. The van der Waals surface area contributed by atoms with Gasteiger partial charge in [-0.3, -0.25) is 9.59 Å². The Bertz CT molecular complexity index is 1010. The van der Waals surface area contributed by atoms with Crippen molar-refractivity contribution in [2.75, 3.05) is 6.61 Å². The molecule has 4 rings (SSSR count). The van der Waals surface area contributed by atoms with Crippen LogP contribution >= 0.6 is 0 Å². The molecule has 7 heteroatoms. The van der Waals surface area contributed by atoms with Gasteiger partial charge < -0.3 is 20.5 Å². The van der Waals surface area contributed by atoms with Gasteiger partial charge in [-0.05, 0) is 47.9 Å². The van der Waals surface area contributed by atoms with Crippen LogP contribution in [-0.2, 0) is 14.3 Å². The summed E-state index contributed by atoms with van der Waals surface area (Å²) in [6, 6.07) is 15.8. The van der Waals surface area contributed by atoms with Crippen molar-refractivity contribution in [3.05, 3.63) is 59.7 Å². The molecule has 2 amide bonds. The number of carboxylic acids is 1. The molecule has 2 aromatic carbocycles. The summed E-state index contributed by atoms with van der Waals surface area (Å²) < 4.78 is 5.56. The highest BCUT2D eigenvalue weighted by molar-refractivity contribution is 5.80. The summed E-state index contributed by atoms with van der Waals surface area (Å²) in [5.74, 6) is -1.08. The maximum atomic E-state index is 12.5. The van der Waals surface area contributed by atoms with Gasteiger partial charge in [0.05, 0.1) is 6.42 Å². The largest absolute Gasteiger partial charge is 0.481 e. The van der Waals surface area contributed by atoms with E-state index in [4.69, 9.17) is 9.84 Å². The average Bonchev–Trinajstić information content (AvgIpc) is 3.12. The van der Waals surface area contributed by atoms with E-state index in [9.17, 15) is 14.4 Å². The molecule has 1 saturated carbocycles. The van der Waals surface area contributed by atoms with Crippen LogP contribution in [0.2, 0.25) is 0 Å². The first kappa shape index (κ1) is 23.8. The first-order valence-electron chi connectivity index (χ1n) is 12.0. The fourth-order valence-corrected chi connectivity index (χ4v) is 5.30. The van der Waals surface area contributed by atoms with Crippen molar-refractivity contribution in [1.29, 1.82) is 0 Å². The molecule has 2 aliphatic carbocycles. The fourth-order valence-electron chi connectivity index (χ4n) is 5.30. The van der Waals surface area contributed by atoms with Crippen LogP contribution in [0.3, 0.4) is 0 Å². The van der Waals surface area contributed by atoms with Gasteiger partial charge in [-0.15, -0.1) is 0 Å². The summed E-state index contributed by atoms with van der Waals surface area (Å²) in [6.07, 6.45) is 3.20. The van der Waals surface area contributed by atoms with Crippen molar-refractivity contribution < 1.29 is 24.2 Å². The Balaban J connectivity index is 1.27. The van der Waals surface area contributed by atoms with Gasteiger partial charge in [-0.1, -0.05) is 61.4 Å². The first-order valence-corrected chi connectivity index (χ1v) is 12.0. The van der Waals surface area contributed by atoms with Crippen molar-refractivity contribution in [3.63, 3.8) is 0 Å². The molecule has 7 nitrogen and oxygen atoms in total. The fraction of sp³-hybridized carbons (Fsp3) is 0.444. The Hall–Kier alpha value is -3.35. The number of fused-ring (bicyclic) bond motifs is 3. The normalized spacial score (nSPS) is 20.0. The van der Waals surface area contributed by atoms with Crippen LogP contribution in [0.5, 0.6) is 0 Å². The third kappa shape index (κ3) is 5.58. The molecule has 0 spiro atoms. The van der Waals surface area contributed by atoms with E-state index in [1.807, 2.05) is 24.3 Å². The zero-order valence-corrected chi connectivity index (χ0v) is 19.5. The molecule has 0 bridgehead atoms. The van der Waals surface area contributed by atoms with Crippen LogP contribution in [0.15, 0.2) is 48.5 Å². The van der Waals surface area contributed by atoms with E-state index in [1.165, 1.54) is 11.1 Å². The molecule has 0 heterocycles. The van der Waals surface area contributed by atoms with E-state index in [-0.39, 0.29) is 43.2 Å². The van der Waals surface area contributed by atoms with Crippen LogP contribution in [0.4, 0.5) is 4.79 Å². The summed E-state index contributed by atoms with van der Waals surface area (Å²) in [5.41, 5.74) is 4.63. The standard InChI is InChI=1S/C27H32N2O5/c1-17(14-25(30)29-24-13-7-2-8-18(24)15-26(31)32)28-27(33)34-16-23-21-11-5-3-9-19(21)20-10-4-6-12-22(20)23/h3-6,9-12,17-18,23-24H,2,7-8,13-16H2,1H3,(H,28,33)(H,29,30)(H,31,32). The Kier molecular flexibility index (Phi) is 7.50. The van der Waals surface area contributed by atoms with Crippen molar-refractivity contribution in [3.8, 4) is 11.1 Å². The number of amides is 2. The minimum atomic E-state index is -0.837. The van der Waals surface area contributed by atoms with Gasteiger partial charge in [-0.2, -0.15) is 0 Å². The van der Waals surface area contributed by atoms with Gasteiger partial charge >= 0.3 is 12.1 Å². The highest BCUT2D eigenvalue weighted by atomic mass is 16.5. The number of nitrogens with one attached hydrogen (secondary N) is 2. The number of carbonyl (C=O) groups excluding carboxylic acids is 2. The molecule has 180 valence electrons. The number of carboxylic acid groups (broad SMARTS) is 1. The predicted octanol–water partition coefficient (Wildman–Crippen LogP) is 4.45. The maximum Gasteiger partial charge on any atom is 0.407 e. The summed E-state index contributed by atoms with van der Waals surface area (Å²) in [4.78, 5) is 36.1. The minimum absolute atomic E-state index is 0.0192. The predicted molar refractivity (Wildman–Crippen MR) is 128 cm³/mol. The lowest BCUT2D eigenvalue weighted by atomic mass is 9.82. The minimum Gasteiger partial charge on any atom is -0.481 e. The number of alkyl carbamates (subject to hydrolysis) is 1. The summed E-state index contributed by atoms with van der Waals surface area (Å²) in [7, 11) is 0. The van der Waals surface area contributed by atoms with Gasteiger partial charge in [0.25, 0.3) is 0 Å². The zero-order valence-electron chi connectivity index (χ0n) is 19.5. The number of rotatable bonds is 8. The SMILES string of the molecule is CC(CC(=O)NC1CCCCC1CC(=O)O)NC(=O)OCC1c2ccccc2-c2ccccc21. The van der Waals surface area contributed by atoms with E-state index in [0.29, 0.717) is 0 Å². The molecule has 0 aliphatic heterocycles. The van der Waals surface area contributed by atoms with Crippen LogP contribution in [-0.4, -0.2) is 41.8 Å². The van der Waals surface area contributed by atoms with Crippen molar-refractivity contribution >= 4 is 18.0 Å². The smallest absolute Gasteiger partial charge is 0.407 e. The van der Waals surface area contributed by atoms with E-state index in [0.717, 1.165) is 36.8 Å². The molecule has 3 N–H and O–H groups in total. The quantitative estimate of drug-likeness (QED) is 0.535. The molecule has 0 radical (unpaired) electrons. The zero-order chi connectivity index (χ0) is 24.1. The van der Waals surface area contributed by atoms with Crippen LogP contribution in [0, 0.1) is 5.92 Å². The molecule has 34 heavy (non-hydrogen) atoms. The second kappa shape index (κ2) is 10.7. The number of carbonyl (C=O) groups is 3. The van der Waals surface area contributed by atoms with Crippen LogP contribution in [0.25, 0.3) is 11.1 Å². The van der Waals surface area contributed by atoms with E-state index >= 15 is 0 Å². The maximum absolute atomic E-state index is 12.5. The van der Waals surface area contributed by atoms with E-state index < -0.39 is 18.1 Å². The number of benzene rings is 2. The van der Waals surface area contributed by atoms with Gasteiger partial charge in [0.15, 0.2) is 0 Å². The molecule has 0 aromatic heterocycles. The number of hydrogen-bond donors (Lipinski definition) is 3. The third-order valence-corrected chi connectivity index (χ3v) is 6.89. The Labute approximate surface area is 199 Å². The van der Waals surface area contributed by atoms with Gasteiger partial charge in [-0.25, -0.2) is 4.79 Å². The third-order valence-electron chi connectivity index (χ3n) is 6.89. The molecule has 3 unspecified atom stereocenters. The summed E-state index contributed by atoms with van der Waals surface area (Å²) >= 11 is 0. The van der Waals surface area contributed by atoms with Crippen molar-refractivity contribution in [2.24, 2.45) is 5.92 Å².